The van der Waals surface area contributed by atoms with E-state index in [4.69, 9.17) is 9.47 Å². The molecule has 4 aliphatic heterocycles. The van der Waals surface area contributed by atoms with Crippen LogP contribution in [-0.2, 0) is 11.3 Å². The smallest absolute Gasteiger partial charge is 0.410 e. The third-order valence-corrected chi connectivity index (χ3v) is 8.38. The van der Waals surface area contributed by atoms with Crippen molar-refractivity contribution in [2.24, 2.45) is 0 Å². The Labute approximate surface area is 248 Å². The molecule has 9 heteroatoms. The number of aromatic nitrogens is 2. The molecule has 222 valence electrons. The van der Waals surface area contributed by atoms with Crippen LogP contribution < -0.4 is 19.9 Å². The molecule has 0 spiro atoms. The first kappa shape index (κ1) is 28.3. The summed E-state index contributed by atoms with van der Waals surface area (Å²) in [6, 6.07) is 20.3. The van der Waals surface area contributed by atoms with Gasteiger partial charge in [-0.15, -0.1) is 0 Å². The highest BCUT2D eigenvalue weighted by Crippen LogP contribution is 2.34. The maximum atomic E-state index is 12.2. The van der Waals surface area contributed by atoms with E-state index in [2.05, 4.69) is 55.4 Å². The van der Waals surface area contributed by atoms with Crippen LogP contribution >= 0.6 is 0 Å². The number of rotatable bonds is 5. The Bertz CT molecular complexity index is 1340. The Morgan fingerprint density at radius 1 is 0.881 bits per heavy atom. The average molecular weight is 571 g/mol. The highest BCUT2D eigenvalue weighted by atomic mass is 16.6. The van der Waals surface area contributed by atoms with Gasteiger partial charge in [0.1, 0.15) is 29.6 Å². The number of aryl methyl sites for hydroxylation is 1. The number of benzene rings is 1. The number of ether oxygens (including phenoxy) is 2. The zero-order valence-electron chi connectivity index (χ0n) is 25.1. The lowest BCUT2D eigenvalue weighted by Gasteiger charge is -2.35. The normalized spacial score (nSPS) is 24.0. The second-order valence-corrected chi connectivity index (χ2v) is 12.8. The molecule has 0 saturated carbocycles. The standard InChI is InChI=1S/C17H19N3O.C16H23N3O2/c1-2-4-13(5-3-1)12-21-16-6-7-17(19-10-16)20-11-14-8-15(20)9-18-14;1-11-5-6-14(17-8-11)18-9-13-7-12(18)10-19(13)15(20)21-16(2,3)4/h1-7,10,14-15,18H,8-9,11-12H2;5-6,8,12-13H,7,9-10H2,1-4H3/t14-,15-;12-,13-/m00/s1. The summed E-state index contributed by atoms with van der Waals surface area (Å²) in [5, 5.41) is 3.51. The van der Waals surface area contributed by atoms with Gasteiger partial charge in [0.25, 0.3) is 0 Å². The molecule has 4 saturated heterocycles. The molecule has 6 heterocycles. The summed E-state index contributed by atoms with van der Waals surface area (Å²) in [7, 11) is 0. The lowest BCUT2D eigenvalue weighted by atomic mass is 10.2. The molecule has 3 aromatic rings. The van der Waals surface area contributed by atoms with Gasteiger partial charge in [-0.1, -0.05) is 36.4 Å². The SMILES string of the molecule is Cc1ccc(N2C[C@@H]3C[C@H]2CN3C(=O)OC(C)(C)C)nc1.c1ccc(COc2ccc(N3C[C@@H]4C[C@H]3CN4)nc2)cc1. The van der Waals surface area contributed by atoms with Crippen molar-refractivity contribution < 1.29 is 14.3 Å². The van der Waals surface area contributed by atoms with Crippen molar-refractivity contribution >= 4 is 17.7 Å². The molecule has 4 bridgehead atoms. The largest absolute Gasteiger partial charge is 0.487 e. The highest BCUT2D eigenvalue weighted by Gasteiger charge is 2.47. The fourth-order valence-electron chi connectivity index (χ4n) is 6.33. The van der Waals surface area contributed by atoms with E-state index in [0.717, 1.165) is 50.0 Å². The predicted molar refractivity (Wildman–Crippen MR) is 164 cm³/mol. The molecule has 1 aromatic carbocycles. The Balaban J connectivity index is 0.000000150. The van der Waals surface area contributed by atoms with Crippen molar-refractivity contribution in [1.29, 1.82) is 0 Å². The van der Waals surface area contributed by atoms with Crippen molar-refractivity contribution in [1.82, 2.24) is 20.2 Å². The molecular weight excluding hydrogens is 528 g/mol. The number of carbonyl (C=O) groups is 1. The summed E-state index contributed by atoms with van der Waals surface area (Å²) in [5.74, 6) is 2.90. The van der Waals surface area contributed by atoms with Crippen molar-refractivity contribution in [3.63, 3.8) is 0 Å². The third kappa shape index (κ3) is 6.46. The Morgan fingerprint density at radius 2 is 1.62 bits per heavy atom. The molecule has 4 aliphatic rings. The Morgan fingerprint density at radius 3 is 2.19 bits per heavy atom. The van der Waals surface area contributed by atoms with Crippen molar-refractivity contribution in [3.05, 3.63) is 78.1 Å². The number of nitrogens with zero attached hydrogens (tertiary/aromatic N) is 5. The fraction of sp³-hybridized carbons (Fsp3) is 0.485. The first-order valence-electron chi connectivity index (χ1n) is 15.0. The quantitative estimate of drug-likeness (QED) is 0.469. The van der Waals surface area contributed by atoms with E-state index in [-0.39, 0.29) is 12.1 Å². The van der Waals surface area contributed by atoms with E-state index in [1.165, 1.54) is 17.5 Å². The Kier molecular flexibility index (Phi) is 7.94. The molecule has 1 N–H and O–H groups in total. The van der Waals surface area contributed by atoms with Gasteiger partial charge in [-0.05, 0) is 69.9 Å². The highest BCUT2D eigenvalue weighted by molar-refractivity contribution is 5.70. The molecule has 2 aromatic heterocycles. The van der Waals surface area contributed by atoms with Crippen LogP contribution in [0.3, 0.4) is 0 Å². The number of pyridine rings is 2. The number of hydrogen-bond acceptors (Lipinski definition) is 8. The first-order chi connectivity index (χ1) is 20.2. The summed E-state index contributed by atoms with van der Waals surface area (Å²) in [5.41, 5.74) is 1.90. The fourth-order valence-corrected chi connectivity index (χ4v) is 6.33. The molecular formula is C33H42N6O3. The maximum Gasteiger partial charge on any atom is 0.410 e. The van der Waals surface area contributed by atoms with Crippen LogP contribution in [0.25, 0.3) is 0 Å². The van der Waals surface area contributed by atoms with E-state index in [1.807, 2.05) is 69.3 Å². The van der Waals surface area contributed by atoms with Gasteiger partial charge in [-0.2, -0.15) is 0 Å². The van der Waals surface area contributed by atoms with Gasteiger partial charge in [-0.3, -0.25) is 0 Å². The van der Waals surface area contributed by atoms with Crippen LogP contribution in [0.4, 0.5) is 16.4 Å². The topological polar surface area (TPSA) is 83.1 Å². The molecule has 1 amide bonds. The minimum absolute atomic E-state index is 0.188. The summed E-state index contributed by atoms with van der Waals surface area (Å²) >= 11 is 0. The number of likely N-dealkylation sites (tertiary alicyclic amines) is 1. The second-order valence-electron chi connectivity index (χ2n) is 12.8. The minimum atomic E-state index is -0.433. The number of nitrogens with one attached hydrogen (secondary N) is 1. The van der Waals surface area contributed by atoms with Crippen LogP contribution in [-0.4, -0.2) is 76.9 Å². The number of fused-ring (bicyclic) bond motifs is 4. The number of hydrogen-bond donors (Lipinski definition) is 1. The summed E-state index contributed by atoms with van der Waals surface area (Å²) in [4.78, 5) is 27.9. The minimum Gasteiger partial charge on any atom is -0.487 e. The number of piperazine rings is 2. The van der Waals surface area contributed by atoms with Crippen molar-refractivity contribution in [2.45, 2.75) is 76.9 Å². The van der Waals surface area contributed by atoms with Gasteiger partial charge in [0.15, 0.2) is 0 Å². The number of carbonyl (C=O) groups excluding carboxylic acids is 1. The van der Waals surface area contributed by atoms with Crippen LogP contribution in [0.1, 0.15) is 44.7 Å². The zero-order chi connectivity index (χ0) is 29.3. The van der Waals surface area contributed by atoms with Gasteiger partial charge in [0, 0.05) is 44.5 Å². The second kappa shape index (κ2) is 11.8. The zero-order valence-corrected chi connectivity index (χ0v) is 25.1. The van der Waals surface area contributed by atoms with Gasteiger partial charge in [0.05, 0.1) is 18.3 Å². The van der Waals surface area contributed by atoms with Crippen LogP contribution in [0.2, 0.25) is 0 Å². The maximum absolute atomic E-state index is 12.2. The molecule has 4 fully saturated rings. The van der Waals surface area contributed by atoms with Gasteiger partial charge in [0.2, 0.25) is 0 Å². The number of amides is 1. The summed E-state index contributed by atoms with van der Waals surface area (Å²) < 4.78 is 11.3. The van der Waals surface area contributed by atoms with E-state index in [1.54, 1.807) is 0 Å². The van der Waals surface area contributed by atoms with Gasteiger partial charge >= 0.3 is 6.09 Å². The summed E-state index contributed by atoms with van der Waals surface area (Å²) in [6.45, 7) is 12.1. The van der Waals surface area contributed by atoms with Crippen LogP contribution in [0, 0.1) is 6.92 Å². The number of anilines is 2. The molecule has 0 unspecified atom stereocenters. The molecule has 0 aliphatic carbocycles. The Hall–Kier alpha value is -3.85. The molecule has 0 radical (unpaired) electrons. The molecule has 9 nitrogen and oxygen atoms in total. The van der Waals surface area contributed by atoms with E-state index >= 15 is 0 Å². The third-order valence-electron chi connectivity index (χ3n) is 8.38. The van der Waals surface area contributed by atoms with Crippen LogP contribution in [0.15, 0.2) is 67.0 Å². The van der Waals surface area contributed by atoms with Crippen molar-refractivity contribution in [2.75, 3.05) is 36.0 Å². The predicted octanol–water partition coefficient (Wildman–Crippen LogP) is 4.80. The molecule has 7 rings (SSSR count). The average Bonchev–Trinajstić information content (AvgIpc) is 3.79. The lowest BCUT2D eigenvalue weighted by Crippen LogP contribution is -2.50. The first-order valence-corrected chi connectivity index (χ1v) is 15.0. The molecule has 4 atom stereocenters. The molecule has 42 heavy (non-hydrogen) atoms. The summed E-state index contributed by atoms with van der Waals surface area (Å²) in [6.07, 6.45) is 5.79. The van der Waals surface area contributed by atoms with Crippen LogP contribution in [0.5, 0.6) is 5.75 Å². The van der Waals surface area contributed by atoms with Crippen molar-refractivity contribution in [3.8, 4) is 5.75 Å². The van der Waals surface area contributed by atoms with Gasteiger partial charge < -0.3 is 29.5 Å². The van der Waals surface area contributed by atoms with E-state index < -0.39 is 5.60 Å². The van der Waals surface area contributed by atoms with E-state index in [0.29, 0.717) is 24.7 Å². The van der Waals surface area contributed by atoms with E-state index in [9.17, 15) is 4.79 Å². The monoisotopic (exact) mass is 570 g/mol. The van der Waals surface area contributed by atoms with Gasteiger partial charge in [-0.25, -0.2) is 14.8 Å². The lowest BCUT2D eigenvalue weighted by molar-refractivity contribution is 0.0214.